The van der Waals surface area contributed by atoms with Crippen LogP contribution in [0.1, 0.15) is 26.2 Å². The Hall–Kier alpha value is -2.04. The van der Waals surface area contributed by atoms with Crippen molar-refractivity contribution < 1.29 is 4.42 Å². The average molecular weight is 258 g/mol. The van der Waals surface area contributed by atoms with E-state index in [0.29, 0.717) is 11.9 Å². The summed E-state index contributed by atoms with van der Waals surface area (Å²) < 4.78 is 5.37. The van der Waals surface area contributed by atoms with Crippen LogP contribution < -0.4 is 10.6 Å². The maximum Gasteiger partial charge on any atom is 0.169 e. The van der Waals surface area contributed by atoms with Gasteiger partial charge in [0.25, 0.3) is 0 Å². The Balaban J connectivity index is 1.98. The highest BCUT2D eigenvalue weighted by atomic mass is 16.3. The molecule has 1 aliphatic heterocycles. The number of rotatable bonds is 3. The van der Waals surface area contributed by atoms with Gasteiger partial charge in [0.15, 0.2) is 11.6 Å². The quantitative estimate of drug-likeness (QED) is 0.916. The van der Waals surface area contributed by atoms with Crippen molar-refractivity contribution >= 4 is 11.5 Å². The van der Waals surface area contributed by atoms with Gasteiger partial charge < -0.3 is 15.1 Å². The van der Waals surface area contributed by atoms with Gasteiger partial charge in [-0.05, 0) is 37.5 Å². The summed E-state index contributed by atoms with van der Waals surface area (Å²) in [6.07, 6.45) is 5.18. The third-order valence-corrected chi connectivity index (χ3v) is 3.73. The van der Waals surface area contributed by atoms with E-state index in [1.54, 1.807) is 6.26 Å². The van der Waals surface area contributed by atoms with Crippen LogP contribution in [0.3, 0.4) is 0 Å². The fourth-order valence-electron chi connectivity index (χ4n) is 2.74. The number of nitrogen functional groups attached to an aromatic ring is 1. The zero-order valence-corrected chi connectivity index (χ0v) is 11.0. The third-order valence-electron chi connectivity index (χ3n) is 3.73. The van der Waals surface area contributed by atoms with E-state index < -0.39 is 0 Å². The summed E-state index contributed by atoms with van der Waals surface area (Å²) in [4.78, 5) is 2.34. The van der Waals surface area contributed by atoms with Crippen molar-refractivity contribution in [3.05, 3.63) is 24.5 Å². The molecule has 2 aromatic heterocycles. The van der Waals surface area contributed by atoms with Crippen molar-refractivity contribution in [1.29, 1.82) is 0 Å². The highest BCUT2D eigenvalue weighted by Crippen LogP contribution is 2.32. The van der Waals surface area contributed by atoms with Crippen molar-refractivity contribution in [3.63, 3.8) is 0 Å². The molecule has 5 heteroatoms. The van der Waals surface area contributed by atoms with Crippen LogP contribution in [0.15, 0.2) is 28.9 Å². The summed E-state index contributed by atoms with van der Waals surface area (Å²) in [5.74, 6) is 1.22. The third kappa shape index (κ3) is 2.16. The molecule has 0 spiro atoms. The molecule has 2 aromatic rings. The fourth-order valence-corrected chi connectivity index (χ4v) is 2.74. The summed E-state index contributed by atoms with van der Waals surface area (Å²) in [5, 5.41) is 8.18. The Morgan fingerprint density at radius 3 is 3.11 bits per heavy atom. The van der Waals surface area contributed by atoms with Gasteiger partial charge >= 0.3 is 0 Å². The summed E-state index contributed by atoms with van der Waals surface area (Å²) >= 11 is 0. The van der Waals surface area contributed by atoms with Crippen LogP contribution in [0.5, 0.6) is 0 Å². The molecule has 19 heavy (non-hydrogen) atoms. The topological polar surface area (TPSA) is 68.2 Å². The number of aromatic nitrogens is 2. The zero-order chi connectivity index (χ0) is 13.2. The molecule has 0 saturated carbocycles. The molecule has 3 heterocycles. The van der Waals surface area contributed by atoms with Crippen molar-refractivity contribution in [2.24, 2.45) is 0 Å². The Bertz CT molecular complexity index is 553. The van der Waals surface area contributed by atoms with E-state index in [2.05, 4.69) is 22.0 Å². The molecular weight excluding hydrogens is 240 g/mol. The van der Waals surface area contributed by atoms with Crippen molar-refractivity contribution in [1.82, 2.24) is 10.2 Å². The SMILES string of the molecule is CC[C@H]1CCCN1c1cc(-c2ccco2)nnc1N. The van der Waals surface area contributed by atoms with Crippen molar-refractivity contribution in [2.75, 3.05) is 17.2 Å². The fraction of sp³-hybridized carbons (Fsp3) is 0.429. The minimum Gasteiger partial charge on any atom is -0.463 e. The molecule has 1 aliphatic rings. The Labute approximate surface area is 112 Å². The Kier molecular flexibility index (Phi) is 3.11. The van der Waals surface area contributed by atoms with Gasteiger partial charge in [-0.25, -0.2) is 0 Å². The minimum atomic E-state index is 0.496. The molecule has 5 nitrogen and oxygen atoms in total. The number of hydrogen-bond acceptors (Lipinski definition) is 5. The molecule has 1 atom stereocenters. The molecule has 0 bridgehead atoms. The van der Waals surface area contributed by atoms with Gasteiger partial charge in [-0.2, -0.15) is 0 Å². The van der Waals surface area contributed by atoms with Gasteiger partial charge in [0.2, 0.25) is 0 Å². The first-order chi connectivity index (χ1) is 9.29. The molecule has 2 N–H and O–H groups in total. The largest absolute Gasteiger partial charge is 0.463 e. The maximum absolute atomic E-state index is 5.99. The predicted octanol–water partition coefficient (Wildman–Crippen LogP) is 2.70. The first kappa shape index (κ1) is 12.0. The first-order valence-electron chi connectivity index (χ1n) is 6.73. The lowest BCUT2D eigenvalue weighted by Crippen LogP contribution is -2.29. The standard InChI is InChI=1S/C14H18N4O/c1-2-10-5-3-7-18(10)12-9-11(16-17-14(12)15)13-6-4-8-19-13/h4,6,8-10H,2-3,5,7H2,1H3,(H2,15,17)/t10-/m0/s1. The predicted molar refractivity (Wildman–Crippen MR) is 74.8 cm³/mol. The number of hydrogen-bond donors (Lipinski definition) is 1. The van der Waals surface area contributed by atoms with E-state index in [0.717, 1.165) is 30.1 Å². The molecule has 3 rings (SSSR count). The lowest BCUT2D eigenvalue weighted by atomic mass is 10.1. The van der Waals surface area contributed by atoms with E-state index in [1.165, 1.54) is 12.8 Å². The molecular formula is C14H18N4O. The zero-order valence-electron chi connectivity index (χ0n) is 11.0. The van der Waals surface area contributed by atoms with Gasteiger partial charge in [0, 0.05) is 12.6 Å². The molecule has 0 unspecified atom stereocenters. The lowest BCUT2D eigenvalue weighted by molar-refractivity contribution is 0.578. The lowest BCUT2D eigenvalue weighted by Gasteiger charge is -2.26. The second-order valence-electron chi connectivity index (χ2n) is 4.88. The number of anilines is 2. The van der Waals surface area contributed by atoms with Gasteiger partial charge in [-0.3, -0.25) is 0 Å². The van der Waals surface area contributed by atoms with Gasteiger partial charge in [-0.15, -0.1) is 10.2 Å². The van der Waals surface area contributed by atoms with Crippen LogP contribution in [0, 0.1) is 0 Å². The summed E-state index contributed by atoms with van der Waals surface area (Å²) in [6, 6.07) is 6.26. The molecule has 0 amide bonds. The molecule has 0 aromatic carbocycles. The van der Waals surface area contributed by atoms with Gasteiger partial charge in [0.05, 0.1) is 12.0 Å². The number of furan rings is 1. The van der Waals surface area contributed by atoms with Crippen molar-refractivity contribution in [3.8, 4) is 11.5 Å². The number of nitrogens with two attached hydrogens (primary N) is 1. The Morgan fingerprint density at radius 1 is 1.47 bits per heavy atom. The molecule has 0 radical (unpaired) electrons. The second kappa shape index (κ2) is 4.91. The minimum absolute atomic E-state index is 0.496. The summed E-state index contributed by atoms with van der Waals surface area (Å²) in [5.41, 5.74) is 7.70. The summed E-state index contributed by atoms with van der Waals surface area (Å²) in [7, 11) is 0. The van der Waals surface area contributed by atoms with Gasteiger partial charge in [-0.1, -0.05) is 6.92 Å². The van der Waals surface area contributed by atoms with E-state index in [4.69, 9.17) is 10.2 Å². The van der Waals surface area contributed by atoms with E-state index in [-0.39, 0.29) is 0 Å². The second-order valence-corrected chi connectivity index (χ2v) is 4.88. The van der Waals surface area contributed by atoms with E-state index in [9.17, 15) is 0 Å². The van der Waals surface area contributed by atoms with Crippen molar-refractivity contribution in [2.45, 2.75) is 32.2 Å². The van der Waals surface area contributed by atoms with E-state index in [1.807, 2.05) is 18.2 Å². The molecule has 1 saturated heterocycles. The van der Waals surface area contributed by atoms with Crippen LogP contribution >= 0.6 is 0 Å². The maximum atomic E-state index is 5.99. The molecule has 1 fully saturated rings. The van der Waals surface area contributed by atoms with Crippen LogP contribution in [-0.2, 0) is 0 Å². The highest BCUT2D eigenvalue weighted by molar-refractivity contribution is 5.69. The Morgan fingerprint density at radius 2 is 2.37 bits per heavy atom. The summed E-state index contributed by atoms with van der Waals surface area (Å²) in [6.45, 7) is 3.24. The van der Waals surface area contributed by atoms with E-state index >= 15 is 0 Å². The highest BCUT2D eigenvalue weighted by Gasteiger charge is 2.25. The normalized spacial score (nSPS) is 19.0. The molecule has 100 valence electrons. The van der Waals surface area contributed by atoms with Crippen LogP contribution in [0.2, 0.25) is 0 Å². The first-order valence-corrected chi connectivity index (χ1v) is 6.73. The number of nitrogens with zero attached hydrogens (tertiary/aromatic N) is 3. The average Bonchev–Trinajstić information content (AvgIpc) is 3.10. The molecule has 0 aliphatic carbocycles. The smallest absolute Gasteiger partial charge is 0.169 e. The van der Waals surface area contributed by atoms with Crippen LogP contribution in [-0.4, -0.2) is 22.8 Å². The van der Waals surface area contributed by atoms with Crippen LogP contribution in [0.25, 0.3) is 11.5 Å². The van der Waals surface area contributed by atoms with Crippen LogP contribution in [0.4, 0.5) is 11.5 Å². The monoisotopic (exact) mass is 258 g/mol. The van der Waals surface area contributed by atoms with Gasteiger partial charge in [0.1, 0.15) is 5.69 Å².